The fourth-order valence-corrected chi connectivity index (χ4v) is 2.31. The van der Waals surface area contributed by atoms with E-state index in [1.807, 2.05) is 30.3 Å². The molecular formula is C20H30O2. The van der Waals surface area contributed by atoms with E-state index < -0.39 is 0 Å². The molecule has 2 nitrogen and oxygen atoms in total. The lowest BCUT2D eigenvalue weighted by molar-refractivity contribution is 0.0549. The summed E-state index contributed by atoms with van der Waals surface area (Å²) in [7, 11) is 0. The summed E-state index contributed by atoms with van der Waals surface area (Å²) in [6, 6.07) is 7.62. The average Bonchev–Trinajstić information content (AvgIpc) is 2.56. The van der Waals surface area contributed by atoms with Gasteiger partial charge < -0.3 is 4.74 Å². The second kappa shape index (κ2) is 12.0. The Labute approximate surface area is 135 Å². The maximum atomic E-state index is 11.8. The van der Waals surface area contributed by atoms with Crippen LogP contribution in [0, 0.1) is 0 Å². The third kappa shape index (κ3) is 8.02. The van der Waals surface area contributed by atoms with Gasteiger partial charge in [-0.15, -0.1) is 0 Å². The summed E-state index contributed by atoms with van der Waals surface area (Å²) in [5.74, 6) is -0.244. The van der Waals surface area contributed by atoms with E-state index >= 15 is 0 Å². The fourth-order valence-electron chi connectivity index (χ4n) is 2.31. The van der Waals surface area contributed by atoms with Gasteiger partial charge in [0.15, 0.2) is 0 Å². The Bertz CT molecular complexity index is 432. The second-order valence-corrected chi connectivity index (χ2v) is 5.68. The summed E-state index contributed by atoms with van der Waals surface area (Å²) in [5, 5.41) is 0. The standard InChI is InChI=1S/C20H30O2/c1-3-5-6-7-8-9-10-11-12-17-22-20(21)19-15-13-18(4-2)14-16-19/h11-16H,3-10,17H2,1-2H3/b12-11+. The first-order valence-electron chi connectivity index (χ1n) is 8.69. The Balaban J connectivity index is 2.10. The van der Waals surface area contributed by atoms with Crippen LogP contribution in [0.5, 0.6) is 0 Å². The Kier molecular flexibility index (Phi) is 10.1. The van der Waals surface area contributed by atoms with Crippen LogP contribution in [-0.4, -0.2) is 12.6 Å². The predicted octanol–water partition coefficient (Wildman–Crippen LogP) is 5.71. The highest BCUT2D eigenvalue weighted by molar-refractivity contribution is 5.89. The van der Waals surface area contributed by atoms with Crippen molar-refractivity contribution < 1.29 is 9.53 Å². The van der Waals surface area contributed by atoms with Crippen molar-refractivity contribution in [3.05, 3.63) is 47.5 Å². The maximum absolute atomic E-state index is 11.8. The van der Waals surface area contributed by atoms with Crippen molar-refractivity contribution in [1.29, 1.82) is 0 Å². The van der Waals surface area contributed by atoms with Crippen LogP contribution in [0.2, 0.25) is 0 Å². The van der Waals surface area contributed by atoms with Gasteiger partial charge in [0, 0.05) is 0 Å². The minimum atomic E-state index is -0.244. The van der Waals surface area contributed by atoms with Gasteiger partial charge in [0.05, 0.1) is 5.56 Å². The van der Waals surface area contributed by atoms with Crippen LogP contribution in [-0.2, 0) is 11.2 Å². The van der Waals surface area contributed by atoms with Crippen molar-refractivity contribution in [2.75, 3.05) is 6.61 Å². The first-order chi connectivity index (χ1) is 10.8. The van der Waals surface area contributed by atoms with Gasteiger partial charge in [-0.3, -0.25) is 0 Å². The molecule has 1 aromatic carbocycles. The number of benzene rings is 1. The fraction of sp³-hybridized carbons (Fsp3) is 0.550. The number of hydrogen-bond acceptors (Lipinski definition) is 2. The smallest absolute Gasteiger partial charge is 0.338 e. The minimum absolute atomic E-state index is 0.244. The Morgan fingerprint density at radius 2 is 1.64 bits per heavy atom. The molecule has 0 saturated carbocycles. The summed E-state index contributed by atoms with van der Waals surface area (Å²) in [6.07, 6.45) is 14.0. The lowest BCUT2D eigenvalue weighted by Gasteiger charge is -2.03. The third-order valence-electron chi connectivity index (χ3n) is 3.80. The number of rotatable bonds is 11. The summed E-state index contributed by atoms with van der Waals surface area (Å²) in [4.78, 5) is 11.8. The molecule has 122 valence electrons. The van der Waals surface area contributed by atoms with E-state index in [0.717, 1.165) is 12.8 Å². The average molecular weight is 302 g/mol. The van der Waals surface area contributed by atoms with Gasteiger partial charge in [0.25, 0.3) is 0 Å². The number of ether oxygens (including phenoxy) is 1. The zero-order valence-corrected chi connectivity index (χ0v) is 14.1. The van der Waals surface area contributed by atoms with Crippen molar-refractivity contribution in [2.24, 2.45) is 0 Å². The molecule has 0 heterocycles. The molecule has 0 radical (unpaired) electrons. The van der Waals surface area contributed by atoms with Gasteiger partial charge in [0.2, 0.25) is 0 Å². The molecule has 0 unspecified atom stereocenters. The number of esters is 1. The monoisotopic (exact) mass is 302 g/mol. The number of carbonyl (C=O) groups is 1. The van der Waals surface area contributed by atoms with E-state index in [-0.39, 0.29) is 5.97 Å². The van der Waals surface area contributed by atoms with Gasteiger partial charge >= 0.3 is 5.97 Å². The maximum Gasteiger partial charge on any atom is 0.338 e. The van der Waals surface area contributed by atoms with E-state index in [1.54, 1.807) is 0 Å². The summed E-state index contributed by atoms with van der Waals surface area (Å²) in [6.45, 7) is 4.70. The van der Waals surface area contributed by atoms with Gasteiger partial charge in [-0.2, -0.15) is 0 Å². The van der Waals surface area contributed by atoms with E-state index in [1.165, 1.54) is 44.1 Å². The van der Waals surface area contributed by atoms with Crippen LogP contribution in [0.15, 0.2) is 36.4 Å². The molecular weight excluding hydrogens is 272 g/mol. The van der Waals surface area contributed by atoms with Crippen molar-refractivity contribution in [3.8, 4) is 0 Å². The Hall–Kier alpha value is -1.57. The molecule has 1 aromatic rings. The molecule has 0 aromatic heterocycles. The zero-order valence-electron chi connectivity index (χ0n) is 14.1. The van der Waals surface area contributed by atoms with Crippen LogP contribution >= 0.6 is 0 Å². The highest BCUT2D eigenvalue weighted by Gasteiger charge is 2.05. The van der Waals surface area contributed by atoms with Crippen LogP contribution in [0.25, 0.3) is 0 Å². The molecule has 2 heteroatoms. The first kappa shape index (κ1) is 18.5. The van der Waals surface area contributed by atoms with E-state index in [2.05, 4.69) is 19.9 Å². The minimum Gasteiger partial charge on any atom is -0.458 e. The summed E-state index contributed by atoms with van der Waals surface area (Å²) >= 11 is 0. The number of unbranched alkanes of at least 4 members (excludes halogenated alkanes) is 6. The molecule has 0 N–H and O–H groups in total. The largest absolute Gasteiger partial charge is 0.458 e. The van der Waals surface area contributed by atoms with Crippen molar-refractivity contribution >= 4 is 5.97 Å². The SMILES string of the molecule is CCCCCCCC/C=C/COC(=O)c1ccc(CC)cc1. The first-order valence-corrected chi connectivity index (χ1v) is 8.69. The second-order valence-electron chi connectivity index (χ2n) is 5.68. The summed E-state index contributed by atoms with van der Waals surface area (Å²) < 4.78 is 5.24. The van der Waals surface area contributed by atoms with Gasteiger partial charge in [-0.25, -0.2) is 4.79 Å². The van der Waals surface area contributed by atoms with Crippen LogP contribution in [0.4, 0.5) is 0 Å². The number of aryl methyl sites for hydroxylation is 1. The quantitative estimate of drug-likeness (QED) is 0.297. The van der Waals surface area contributed by atoms with Crippen molar-refractivity contribution in [3.63, 3.8) is 0 Å². The molecule has 0 aliphatic carbocycles. The molecule has 0 aliphatic rings. The zero-order chi connectivity index (χ0) is 16.0. The topological polar surface area (TPSA) is 26.3 Å². The summed E-state index contributed by atoms with van der Waals surface area (Å²) in [5.41, 5.74) is 1.86. The van der Waals surface area contributed by atoms with Crippen LogP contribution in [0.3, 0.4) is 0 Å². The number of allylic oxidation sites excluding steroid dienone is 1. The van der Waals surface area contributed by atoms with E-state index in [4.69, 9.17) is 4.74 Å². The lowest BCUT2D eigenvalue weighted by Crippen LogP contribution is -2.05. The normalized spacial score (nSPS) is 11.0. The third-order valence-corrected chi connectivity index (χ3v) is 3.80. The highest BCUT2D eigenvalue weighted by Crippen LogP contribution is 2.08. The van der Waals surface area contributed by atoms with Crippen molar-refractivity contribution in [1.82, 2.24) is 0 Å². The Morgan fingerprint density at radius 3 is 2.32 bits per heavy atom. The van der Waals surface area contributed by atoms with Crippen LogP contribution in [0.1, 0.15) is 74.7 Å². The highest BCUT2D eigenvalue weighted by atomic mass is 16.5. The number of carbonyl (C=O) groups excluding carboxylic acids is 1. The van der Waals surface area contributed by atoms with E-state index in [9.17, 15) is 4.79 Å². The predicted molar refractivity (Wildman–Crippen MR) is 93.2 cm³/mol. The molecule has 0 amide bonds. The molecule has 22 heavy (non-hydrogen) atoms. The lowest BCUT2D eigenvalue weighted by atomic mass is 10.1. The van der Waals surface area contributed by atoms with Crippen LogP contribution < -0.4 is 0 Å². The molecule has 0 saturated heterocycles. The van der Waals surface area contributed by atoms with Crippen molar-refractivity contribution in [2.45, 2.75) is 65.2 Å². The molecule has 0 spiro atoms. The molecule has 0 atom stereocenters. The van der Waals surface area contributed by atoms with Gasteiger partial charge in [0.1, 0.15) is 6.61 Å². The molecule has 0 bridgehead atoms. The number of hydrogen-bond donors (Lipinski definition) is 0. The Morgan fingerprint density at radius 1 is 0.955 bits per heavy atom. The van der Waals surface area contributed by atoms with Gasteiger partial charge in [-0.1, -0.05) is 70.2 Å². The van der Waals surface area contributed by atoms with Gasteiger partial charge in [-0.05, 0) is 37.0 Å². The molecule has 1 rings (SSSR count). The van der Waals surface area contributed by atoms with E-state index in [0.29, 0.717) is 12.2 Å². The molecule has 0 fully saturated rings. The molecule has 0 aliphatic heterocycles.